The second-order valence-electron chi connectivity index (χ2n) is 8.07. The lowest BCUT2D eigenvalue weighted by Crippen LogP contribution is -2.31. The molecule has 2 aromatic rings. The Labute approximate surface area is 175 Å². The van der Waals surface area contributed by atoms with E-state index in [0.29, 0.717) is 23.5 Å². The number of carboxylic acid groups (broad SMARTS) is 1. The molecule has 1 aliphatic rings. The number of carbonyl (C=O) groups is 2. The molecule has 4 N–H and O–H groups in total. The minimum atomic E-state index is -0.971. The summed E-state index contributed by atoms with van der Waals surface area (Å²) in [5, 5.41) is 25.6. The molecular formula is C20H30N6O4. The highest BCUT2D eigenvalue weighted by atomic mass is 16.5. The highest BCUT2D eigenvalue weighted by Crippen LogP contribution is 2.40. The number of methoxy groups -OCH3 is 1. The molecule has 0 saturated heterocycles. The predicted octanol–water partition coefficient (Wildman–Crippen LogP) is 2.65. The van der Waals surface area contributed by atoms with Gasteiger partial charge in [-0.15, -0.1) is 5.10 Å². The van der Waals surface area contributed by atoms with Gasteiger partial charge >= 0.3 is 6.09 Å². The van der Waals surface area contributed by atoms with Crippen molar-refractivity contribution in [2.75, 3.05) is 12.4 Å². The standard InChI is InChI=1S/C20H30N6O4/c1-12(21-20(28)29)4-5-13-6-7-14(8-13)16-10-17(24-23-16)22-18(27)9-15-11-26(2)25-19(15)30-3/h10-14,21H,4-9H2,1-3H3,(H,28,29)(H2,22,23,24,27)/t12-,13?,14?/m0/s1. The van der Waals surface area contributed by atoms with Gasteiger partial charge in [-0.2, -0.15) is 5.10 Å². The van der Waals surface area contributed by atoms with Crippen LogP contribution >= 0.6 is 0 Å². The van der Waals surface area contributed by atoms with Gasteiger partial charge in [0.15, 0.2) is 5.82 Å². The number of H-pyrrole nitrogens is 1. The molecule has 0 bridgehead atoms. The summed E-state index contributed by atoms with van der Waals surface area (Å²) < 4.78 is 6.80. The maximum Gasteiger partial charge on any atom is 0.404 e. The summed E-state index contributed by atoms with van der Waals surface area (Å²) in [6.07, 6.45) is 6.02. The quantitative estimate of drug-likeness (QED) is 0.495. The lowest BCUT2D eigenvalue weighted by Gasteiger charge is -2.14. The number of rotatable bonds is 9. The number of aryl methyl sites for hydroxylation is 1. The van der Waals surface area contributed by atoms with Crippen LogP contribution in [0.5, 0.6) is 5.88 Å². The SMILES string of the molecule is COc1nn(C)cc1CC(=O)Nc1cc(C2CCC(CC[C@H](C)NC(=O)O)C2)[nH]n1. The van der Waals surface area contributed by atoms with E-state index in [1.807, 2.05) is 13.0 Å². The summed E-state index contributed by atoms with van der Waals surface area (Å²) in [6, 6.07) is 1.87. The molecular weight excluding hydrogens is 388 g/mol. The fourth-order valence-electron chi connectivity index (χ4n) is 4.17. The third-order valence-corrected chi connectivity index (χ3v) is 5.63. The zero-order valence-electron chi connectivity index (χ0n) is 17.6. The molecule has 1 fully saturated rings. The number of anilines is 1. The molecule has 2 amide bonds. The molecule has 2 aromatic heterocycles. The number of carbonyl (C=O) groups excluding carboxylic acids is 1. The van der Waals surface area contributed by atoms with Crippen LogP contribution in [-0.2, 0) is 18.3 Å². The van der Waals surface area contributed by atoms with E-state index in [2.05, 4.69) is 25.9 Å². The summed E-state index contributed by atoms with van der Waals surface area (Å²) in [6.45, 7) is 1.89. The van der Waals surface area contributed by atoms with Gasteiger partial charge in [-0.1, -0.05) is 0 Å². The second-order valence-corrected chi connectivity index (χ2v) is 8.07. The van der Waals surface area contributed by atoms with Crippen LogP contribution in [0.1, 0.15) is 56.2 Å². The Morgan fingerprint density at radius 2 is 2.23 bits per heavy atom. The first kappa shape index (κ1) is 21.7. The molecule has 0 radical (unpaired) electrons. The first-order valence-electron chi connectivity index (χ1n) is 10.2. The van der Waals surface area contributed by atoms with E-state index >= 15 is 0 Å². The normalized spacial score (nSPS) is 19.4. The Balaban J connectivity index is 1.48. The van der Waals surface area contributed by atoms with Crippen LogP contribution in [0, 0.1) is 5.92 Å². The Bertz CT molecular complexity index is 877. The van der Waals surface area contributed by atoms with Crippen molar-refractivity contribution in [2.45, 2.75) is 57.4 Å². The number of hydrogen-bond donors (Lipinski definition) is 4. The van der Waals surface area contributed by atoms with Crippen LogP contribution in [0.4, 0.5) is 10.6 Å². The monoisotopic (exact) mass is 418 g/mol. The molecule has 3 atom stereocenters. The van der Waals surface area contributed by atoms with Gasteiger partial charge in [0.05, 0.1) is 13.5 Å². The number of nitrogens with one attached hydrogen (secondary N) is 3. The largest absolute Gasteiger partial charge is 0.480 e. The number of aromatic amines is 1. The highest BCUT2D eigenvalue weighted by molar-refractivity contribution is 5.91. The van der Waals surface area contributed by atoms with Crippen molar-refractivity contribution >= 4 is 17.8 Å². The van der Waals surface area contributed by atoms with Gasteiger partial charge < -0.3 is 20.5 Å². The Kier molecular flexibility index (Phi) is 6.96. The van der Waals surface area contributed by atoms with Gasteiger partial charge in [-0.05, 0) is 44.9 Å². The Morgan fingerprint density at radius 1 is 1.43 bits per heavy atom. The summed E-state index contributed by atoms with van der Waals surface area (Å²) in [4.78, 5) is 23.1. The highest BCUT2D eigenvalue weighted by Gasteiger charge is 2.27. The van der Waals surface area contributed by atoms with Gasteiger partial charge in [0.25, 0.3) is 0 Å². The third kappa shape index (κ3) is 5.74. The van der Waals surface area contributed by atoms with Crippen LogP contribution in [-0.4, -0.2) is 50.2 Å². The lowest BCUT2D eigenvalue weighted by atomic mass is 9.96. The van der Waals surface area contributed by atoms with E-state index in [1.165, 1.54) is 7.11 Å². The Hall–Kier alpha value is -3.04. The van der Waals surface area contributed by atoms with Gasteiger partial charge in [-0.3, -0.25) is 14.6 Å². The van der Waals surface area contributed by atoms with Crippen molar-refractivity contribution in [3.8, 4) is 5.88 Å². The fourth-order valence-corrected chi connectivity index (χ4v) is 4.17. The van der Waals surface area contributed by atoms with E-state index in [1.54, 1.807) is 17.9 Å². The summed E-state index contributed by atoms with van der Waals surface area (Å²) >= 11 is 0. The average molecular weight is 418 g/mol. The molecule has 2 unspecified atom stereocenters. The minimum absolute atomic E-state index is 0.0334. The maximum atomic E-state index is 12.4. The third-order valence-electron chi connectivity index (χ3n) is 5.63. The van der Waals surface area contributed by atoms with Gasteiger partial charge in [0.2, 0.25) is 11.8 Å². The van der Waals surface area contributed by atoms with Crippen molar-refractivity contribution in [3.05, 3.63) is 23.5 Å². The second kappa shape index (κ2) is 9.64. The number of aromatic nitrogens is 4. The number of hydrogen-bond acceptors (Lipinski definition) is 5. The molecule has 30 heavy (non-hydrogen) atoms. The molecule has 0 aliphatic heterocycles. The van der Waals surface area contributed by atoms with E-state index < -0.39 is 6.09 Å². The molecule has 0 aromatic carbocycles. The zero-order chi connectivity index (χ0) is 21.7. The first-order valence-corrected chi connectivity index (χ1v) is 10.2. The molecule has 1 saturated carbocycles. The summed E-state index contributed by atoms with van der Waals surface area (Å²) in [5.74, 6) is 1.74. The van der Waals surface area contributed by atoms with E-state index in [9.17, 15) is 9.59 Å². The minimum Gasteiger partial charge on any atom is -0.480 e. The van der Waals surface area contributed by atoms with E-state index in [0.717, 1.165) is 43.4 Å². The first-order chi connectivity index (χ1) is 14.3. The zero-order valence-corrected chi connectivity index (χ0v) is 17.6. The summed E-state index contributed by atoms with van der Waals surface area (Å²) in [5.41, 5.74) is 1.75. The van der Waals surface area contributed by atoms with Crippen LogP contribution in [0.25, 0.3) is 0 Å². The van der Waals surface area contributed by atoms with Crippen molar-refractivity contribution in [1.29, 1.82) is 0 Å². The number of amides is 2. The lowest BCUT2D eigenvalue weighted by molar-refractivity contribution is -0.115. The van der Waals surface area contributed by atoms with Crippen molar-refractivity contribution in [1.82, 2.24) is 25.3 Å². The summed E-state index contributed by atoms with van der Waals surface area (Å²) in [7, 11) is 3.31. The average Bonchev–Trinajstić information content (AvgIpc) is 3.39. The fraction of sp³-hybridized carbons (Fsp3) is 0.600. The van der Waals surface area contributed by atoms with Crippen LogP contribution in [0.15, 0.2) is 12.3 Å². The molecule has 10 heteroatoms. The van der Waals surface area contributed by atoms with E-state index in [-0.39, 0.29) is 18.4 Å². The predicted molar refractivity (Wildman–Crippen MR) is 111 cm³/mol. The van der Waals surface area contributed by atoms with Gasteiger partial charge in [-0.25, -0.2) is 4.79 Å². The van der Waals surface area contributed by atoms with Gasteiger partial charge in [0, 0.05) is 42.5 Å². The van der Waals surface area contributed by atoms with Crippen LogP contribution < -0.4 is 15.4 Å². The topological polar surface area (TPSA) is 134 Å². The van der Waals surface area contributed by atoms with Gasteiger partial charge in [0.1, 0.15) is 0 Å². The van der Waals surface area contributed by atoms with E-state index in [4.69, 9.17) is 9.84 Å². The van der Waals surface area contributed by atoms with Crippen molar-refractivity contribution in [3.63, 3.8) is 0 Å². The van der Waals surface area contributed by atoms with Crippen molar-refractivity contribution < 1.29 is 19.4 Å². The van der Waals surface area contributed by atoms with Crippen LogP contribution in [0.3, 0.4) is 0 Å². The molecule has 0 spiro atoms. The Morgan fingerprint density at radius 3 is 2.97 bits per heavy atom. The smallest absolute Gasteiger partial charge is 0.404 e. The van der Waals surface area contributed by atoms with Crippen molar-refractivity contribution in [2.24, 2.45) is 13.0 Å². The maximum absolute atomic E-state index is 12.4. The molecule has 2 heterocycles. The molecule has 3 rings (SSSR count). The number of nitrogens with zero attached hydrogens (tertiary/aromatic N) is 3. The molecule has 10 nitrogen and oxygen atoms in total. The van der Waals surface area contributed by atoms with Crippen LogP contribution in [0.2, 0.25) is 0 Å². The molecule has 1 aliphatic carbocycles. The number of ether oxygens (including phenoxy) is 1. The molecule has 164 valence electrons.